The summed E-state index contributed by atoms with van der Waals surface area (Å²) in [6, 6.07) is 22.3. The van der Waals surface area contributed by atoms with Crippen LogP contribution in [0, 0.1) is 5.92 Å². The van der Waals surface area contributed by atoms with Gasteiger partial charge in [0.15, 0.2) is 5.11 Å². The van der Waals surface area contributed by atoms with Crippen LogP contribution in [0.3, 0.4) is 0 Å². The van der Waals surface area contributed by atoms with Gasteiger partial charge in [0, 0.05) is 22.3 Å². The normalized spacial score (nSPS) is 10.5. The minimum atomic E-state index is -0.371. The van der Waals surface area contributed by atoms with Crippen molar-refractivity contribution in [2.24, 2.45) is 5.92 Å². The maximum atomic E-state index is 12.8. The second-order valence-electron chi connectivity index (χ2n) is 8.36. The van der Waals surface area contributed by atoms with Crippen LogP contribution in [0.1, 0.15) is 36.2 Å². The first-order valence-corrected chi connectivity index (χ1v) is 12.5. The van der Waals surface area contributed by atoms with Crippen molar-refractivity contribution < 1.29 is 14.3 Å². The van der Waals surface area contributed by atoms with Crippen LogP contribution < -0.4 is 20.7 Å². The zero-order chi connectivity index (χ0) is 25.2. The van der Waals surface area contributed by atoms with Crippen LogP contribution in [0.15, 0.2) is 77.3 Å². The van der Waals surface area contributed by atoms with E-state index in [1.165, 1.54) is 0 Å². The quantitative estimate of drug-likeness (QED) is 0.275. The Kier molecular flexibility index (Phi) is 9.81. The molecule has 0 atom stereocenters. The number of rotatable bonds is 9. The lowest BCUT2D eigenvalue weighted by atomic mass is 10.1. The molecule has 0 saturated carbocycles. The minimum Gasteiger partial charge on any atom is -0.492 e. The molecule has 2 amide bonds. The summed E-state index contributed by atoms with van der Waals surface area (Å²) in [7, 11) is 0. The fourth-order valence-corrected chi connectivity index (χ4v) is 3.73. The molecule has 0 unspecified atom stereocenters. The predicted octanol–water partition coefficient (Wildman–Crippen LogP) is 6.18. The first-order valence-electron chi connectivity index (χ1n) is 11.3. The molecule has 0 aliphatic rings. The standard InChI is InChI=1S/C27H28BrN3O3S/c1-18(2)17-34-24-14-9-20(28)16-23(24)26(33)31-27(35)30-22-12-10-21(11-13-22)29-25(32)15-8-19-6-4-3-5-7-19/h3-7,9-14,16,18H,8,15,17H2,1-2H3,(H,29,32)(H2,30,31,33,35). The van der Waals surface area contributed by atoms with E-state index >= 15 is 0 Å². The fraction of sp³-hybridized carbons (Fsp3) is 0.222. The maximum absolute atomic E-state index is 12.8. The second-order valence-corrected chi connectivity index (χ2v) is 9.69. The van der Waals surface area contributed by atoms with Crippen LogP contribution in [0.4, 0.5) is 11.4 Å². The van der Waals surface area contributed by atoms with Crippen molar-refractivity contribution in [1.82, 2.24) is 5.32 Å². The minimum absolute atomic E-state index is 0.0538. The van der Waals surface area contributed by atoms with Gasteiger partial charge in [-0.3, -0.25) is 14.9 Å². The van der Waals surface area contributed by atoms with Crippen molar-refractivity contribution in [2.45, 2.75) is 26.7 Å². The number of benzene rings is 3. The Morgan fingerprint density at radius 2 is 1.60 bits per heavy atom. The van der Waals surface area contributed by atoms with Crippen molar-refractivity contribution >= 4 is 56.4 Å². The van der Waals surface area contributed by atoms with Crippen molar-refractivity contribution in [2.75, 3.05) is 17.2 Å². The third-order valence-electron chi connectivity index (χ3n) is 4.90. The summed E-state index contributed by atoms with van der Waals surface area (Å²) < 4.78 is 6.55. The second kappa shape index (κ2) is 13.0. The van der Waals surface area contributed by atoms with Gasteiger partial charge in [0.1, 0.15) is 5.75 Å². The molecule has 182 valence electrons. The van der Waals surface area contributed by atoms with Gasteiger partial charge in [0.25, 0.3) is 5.91 Å². The van der Waals surface area contributed by atoms with Gasteiger partial charge >= 0.3 is 0 Å². The molecule has 0 saturated heterocycles. The predicted molar refractivity (Wildman–Crippen MR) is 148 cm³/mol. The number of amides is 2. The van der Waals surface area contributed by atoms with Gasteiger partial charge in [-0.2, -0.15) is 0 Å². The number of halogens is 1. The first kappa shape index (κ1) is 26.4. The number of hydrogen-bond donors (Lipinski definition) is 3. The van der Waals surface area contributed by atoms with Gasteiger partial charge < -0.3 is 15.4 Å². The molecule has 0 aromatic heterocycles. The molecule has 0 spiro atoms. The largest absolute Gasteiger partial charge is 0.492 e. The van der Waals surface area contributed by atoms with Gasteiger partial charge in [-0.1, -0.05) is 60.1 Å². The van der Waals surface area contributed by atoms with E-state index in [1.807, 2.05) is 50.2 Å². The fourth-order valence-electron chi connectivity index (χ4n) is 3.16. The van der Waals surface area contributed by atoms with Gasteiger partial charge in [-0.15, -0.1) is 0 Å². The number of carbonyl (C=O) groups excluding carboxylic acids is 2. The number of hydrogen-bond acceptors (Lipinski definition) is 4. The highest BCUT2D eigenvalue weighted by molar-refractivity contribution is 9.10. The zero-order valence-corrected chi connectivity index (χ0v) is 22.0. The van der Waals surface area contributed by atoms with E-state index in [2.05, 4.69) is 31.9 Å². The molecule has 0 heterocycles. The van der Waals surface area contributed by atoms with Crippen molar-refractivity contribution in [1.29, 1.82) is 0 Å². The van der Waals surface area contributed by atoms with E-state index in [1.54, 1.807) is 36.4 Å². The average molecular weight is 555 g/mol. The van der Waals surface area contributed by atoms with Crippen LogP contribution in [0.5, 0.6) is 5.75 Å². The third-order valence-corrected chi connectivity index (χ3v) is 5.59. The third kappa shape index (κ3) is 8.81. The molecule has 0 aliphatic carbocycles. The molecule has 0 aliphatic heterocycles. The van der Waals surface area contributed by atoms with E-state index in [4.69, 9.17) is 17.0 Å². The molecular weight excluding hydrogens is 526 g/mol. The molecule has 3 aromatic rings. The zero-order valence-electron chi connectivity index (χ0n) is 19.6. The maximum Gasteiger partial charge on any atom is 0.261 e. The summed E-state index contributed by atoms with van der Waals surface area (Å²) in [5, 5.41) is 8.73. The van der Waals surface area contributed by atoms with E-state index in [0.717, 1.165) is 10.0 Å². The SMILES string of the molecule is CC(C)COc1ccc(Br)cc1C(=O)NC(=S)Nc1ccc(NC(=O)CCc2ccccc2)cc1. The van der Waals surface area contributed by atoms with E-state index in [0.29, 0.717) is 48.1 Å². The molecule has 0 bridgehead atoms. The Labute approximate surface area is 219 Å². The number of carbonyl (C=O) groups is 2. The monoisotopic (exact) mass is 553 g/mol. The molecule has 3 rings (SSSR count). The Morgan fingerprint density at radius 3 is 2.26 bits per heavy atom. The molecule has 35 heavy (non-hydrogen) atoms. The van der Waals surface area contributed by atoms with E-state index < -0.39 is 0 Å². The van der Waals surface area contributed by atoms with Crippen molar-refractivity contribution in [3.63, 3.8) is 0 Å². The lowest BCUT2D eigenvalue weighted by Gasteiger charge is -2.15. The lowest BCUT2D eigenvalue weighted by Crippen LogP contribution is -2.34. The molecular formula is C27H28BrN3O3S. The summed E-state index contributed by atoms with van der Waals surface area (Å²) >= 11 is 8.71. The Bertz CT molecular complexity index is 1170. The summed E-state index contributed by atoms with van der Waals surface area (Å²) in [6.45, 7) is 4.58. The van der Waals surface area contributed by atoms with Crippen LogP contribution in [0.25, 0.3) is 0 Å². The van der Waals surface area contributed by atoms with Crippen LogP contribution in [-0.4, -0.2) is 23.5 Å². The Balaban J connectivity index is 1.52. The van der Waals surface area contributed by atoms with Crippen LogP contribution in [0.2, 0.25) is 0 Å². The highest BCUT2D eigenvalue weighted by atomic mass is 79.9. The molecule has 3 N–H and O–H groups in total. The number of aryl methyl sites for hydroxylation is 1. The van der Waals surface area contributed by atoms with Gasteiger partial charge in [0.2, 0.25) is 5.91 Å². The summed E-state index contributed by atoms with van der Waals surface area (Å²) in [4.78, 5) is 25.0. The first-order chi connectivity index (χ1) is 16.8. The van der Waals surface area contributed by atoms with Crippen molar-refractivity contribution in [3.05, 3.63) is 88.4 Å². The molecule has 0 fully saturated rings. The molecule has 8 heteroatoms. The number of anilines is 2. The Hall–Kier alpha value is -3.23. The van der Waals surface area contributed by atoms with Crippen LogP contribution in [-0.2, 0) is 11.2 Å². The number of thiocarbonyl (C=S) groups is 1. The van der Waals surface area contributed by atoms with Gasteiger partial charge in [0.05, 0.1) is 12.2 Å². The Morgan fingerprint density at radius 1 is 0.943 bits per heavy atom. The average Bonchev–Trinajstić information content (AvgIpc) is 2.83. The summed E-state index contributed by atoms with van der Waals surface area (Å²) in [5.74, 6) is 0.398. The van der Waals surface area contributed by atoms with Gasteiger partial charge in [-0.05, 0) is 72.6 Å². The number of nitrogens with one attached hydrogen (secondary N) is 3. The van der Waals surface area contributed by atoms with Gasteiger partial charge in [-0.25, -0.2) is 0 Å². The summed E-state index contributed by atoms with van der Waals surface area (Å²) in [5.41, 5.74) is 2.88. The van der Waals surface area contributed by atoms with Crippen LogP contribution >= 0.6 is 28.1 Å². The molecule has 6 nitrogen and oxygen atoms in total. The smallest absolute Gasteiger partial charge is 0.261 e. The molecule has 0 radical (unpaired) electrons. The highest BCUT2D eigenvalue weighted by Crippen LogP contribution is 2.24. The topological polar surface area (TPSA) is 79.5 Å². The summed E-state index contributed by atoms with van der Waals surface area (Å²) in [6.07, 6.45) is 1.08. The highest BCUT2D eigenvalue weighted by Gasteiger charge is 2.15. The molecule has 3 aromatic carbocycles. The lowest BCUT2D eigenvalue weighted by molar-refractivity contribution is -0.116. The van der Waals surface area contributed by atoms with Crippen molar-refractivity contribution in [3.8, 4) is 5.75 Å². The van der Waals surface area contributed by atoms with E-state index in [9.17, 15) is 9.59 Å². The van der Waals surface area contributed by atoms with E-state index in [-0.39, 0.29) is 16.9 Å². The number of ether oxygens (including phenoxy) is 1.